The van der Waals surface area contributed by atoms with Crippen molar-refractivity contribution in [3.63, 3.8) is 0 Å². The van der Waals surface area contributed by atoms with Crippen LogP contribution in [0.15, 0.2) is 30.3 Å². The van der Waals surface area contributed by atoms with E-state index in [-0.39, 0.29) is 11.8 Å². The molecular formula is C15H21NO2. The second kappa shape index (κ2) is 5.53. The molecule has 1 saturated carbocycles. The van der Waals surface area contributed by atoms with Crippen molar-refractivity contribution in [3.8, 4) is 0 Å². The molecule has 1 amide bonds. The average molecular weight is 247 g/mol. The standard InChI is InChI=1S/C15H21NO2/c1-3-16(10-11(2)17)15(18)14-9-13(14)12-7-5-4-6-8-12/h4-8,11,13-14,17H,3,9-10H2,1-2H3/t11-,13-,14+/m1/s1. The molecule has 1 aromatic carbocycles. The minimum absolute atomic E-state index is 0.117. The van der Waals surface area contributed by atoms with Gasteiger partial charge in [-0.1, -0.05) is 30.3 Å². The molecule has 0 saturated heterocycles. The predicted molar refractivity (Wildman–Crippen MR) is 71.2 cm³/mol. The van der Waals surface area contributed by atoms with Crippen molar-refractivity contribution >= 4 is 5.91 Å². The molecule has 3 nitrogen and oxygen atoms in total. The molecule has 0 heterocycles. The van der Waals surface area contributed by atoms with Gasteiger partial charge in [-0.2, -0.15) is 0 Å². The molecule has 1 aliphatic rings. The minimum atomic E-state index is -0.456. The van der Waals surface area contributed by atoms with Gasteiger partial charge in [0.2, 0.25) is 5.91 Å². The van der Waals surface area contributed by atoms with Crippen molar-refractivity contribution in [2.45, 2.75) is 32.3 Å². The predicted octanol–water partition coefficient (Wildman–Crippen LogP) is 2.02. The summed E-state index contributed by atoms with van der Waals surface area (Å²) in [6.07, 6.45) is 0.488. The molecule has 1 aliphatic carbocycles. The van der Waals surface area contributed by atoms with Crippen molar-refractivity contribution in [2.75, 3.05) is 13.1 Å². The van der Waals surface area contributed by atoms with Gasteiger partial charge in [-0.25, -0.2) is 0 Å². The van der Waals surface area contributed by atoms with Crippen LogP contribution in [0.5, 0.6) is 0 Å². The third-order valence-electron chi connectivity index (χ3n) is 3.51. The highest BCUT2D eigenvalue weighted by Crippen LogP contribution is 2.48. The lowest BCUT2D eigenvalue weighted by Gasteiger charge is -2.22. The van der Waals surface area contributed by atoms with E-state index >= 15 is 0 Å². The SMILES string of the molecule is CCN(C[C@@H](C)O)C(=O)[C@H]1C[C@@H]1c1ccccc1. The van der Waals surface area contributed by atoms with Crippen LogP contribution < -0.4 is 0 Å². The number of aliphatic hydroxyl groups excluding tert-OH is 1. The van der Waals surface area contributed by atoms with Crippen LogP contribution in [0.4, 0.5) is 0 Å². The van der Waals surface area contributed by atoms with E-state index in [1.807, 2.05) is 25.1 Å². The topological polar surface area (TPSA) is 40.5 Å². The summed E-state index contributed by atoms with van der Waals surface area (Å²) in [5.74, 6) is 0.681. The van der Waals surface area contributed by atoms with Crippen LogP contribution in [0.1, 0.15) is 31.7 Å². The number of hydrogen-bond donors (Lipinski definition) is 1. The number of benzene rings is 1. The van der Waals surface area contributed by atoms with Crippen LogP contribution in [-0.4, -0.2) is 35.1 Å². The van der Waals surface area contributed by atoms with Crippen molar-refractivity contribution in [1.29, 1.82) is 0 Å². The number of likely N-dealkylation sites (N-methyl/N-ethyl adjacent to an activating group) is 1. The van der Waals surface area contributed by atoms with Gasteiger partial charge in [-0.15, -0.1) is 0 Å². The summed E-state index contributed by atoms with van der Waals surface area (Å²) in [5.41, 5.74) is 1.25. The maximum Gasteiger partial charge on any atom is 0.226 e. The molecule has 1 fully saturated rings. The Labute approximate surface area is 108 Å². The first kappa shape index (κ1) is 13.1. The molecule has 3 heteroatoms. The largest absolute Gasteiger partial charge is 0.392 e. The Hall–Kier alpha value is -1.35. The molecule has 2 rings (SSSR count). The first-order chi connectivity index (χ1) is 8.63. The number of amides is 1. The van der Waals surface area contributed by atoms with Crippen LogP contribution in [0.25, 0.3) is 0 Å². The molecule has 98 valence electrons. The van der Waals surface area contributed by atoms with Gasteiger partial charge in [0, 0.05) is 19.0 Å². The molecule has 0 aliphatic heterocycles. The fraction of sp³-hybridized carbons (Fsp3) is 0.533. The molecule has 1 N–H and O–H groups in total. The van der Waals surface area contributed by atoms with E-state index in [0.29, 0.717) is 19.0 Å². The summed E-state index contributed by atoms with van der Waals surface area (Å²) in [4.78, 5) is 14.0. The Morgan fingerprint density at radius 1 is 1.44 bits per heavy atom. The lowest BCUT2D eigenvalue weighted by atomic mass is 10.1. The molecular weight excluding hydrogens is 226 g/mol. The van der Waals surface area contributed by atoms with E-state index < -0.39 is 6.10 Å². The lowest BCUT2D eigenvalue weighted by Crippen LogP contribution is -2.37. The van der Waals surface area contributed by atoms with Crippen LogP contribution >= 0.6 is 0 Å². The fourth-order valence-electron chi connectivity index (χ4n) is 2.46. The zero-order valence-corrected chi connectivity index (χ0v) is 11.0. The third kappa shape index (κ3) is 2.91. The van der Waals surface area contributed by atoms with Gasteiger partial charge in [0.15, 0.2) is 0 Å². The highest BCUT2D eigenvalue weighted by Gasteiger charge is 2.45. The van der Waals surface area contributed by atoms with Gasteiger partial charge in [-0.05, 0) is 31.7 Å². The molecule has 0 bridgehead atoms. The Balaban J connectivity index is 1.96. The monoisotopic (exact) mass is 247 g/mol. The van der Waals surface area contributed by atoms with Gasteiger partial charge < -0.3 is 10.0 Å². The first-order valence-corrected chi connectivity index (χ1v) is 6.65. The van der Waals surface area contributed by atoms with Crippen molar-refractivity contribution < 1.29 is 9.90 Å². The third-order valence-corrected chi connectivity index (χ3v) is 3.51. The van der Waals surface area contributed by atoms with Crippen LogP contribution in [0.2, 0.25) is 0 Å². The molecule has 18 heavy (non-hydrogen) atoms. The minimum Gasteiger partial charge on any atom is -0.392 e. The number of aliphatic hydroxyl groups is 1. The number of carbonyl (C=O) groups is 1. The molecule has 3 atom stereocenters. The second-order valence-electron chi connectivity index (χ2n) is 5.09. The van der Waals surface area contributed by atoms with E-state index in [2.05, 4.69) is 12.1 Å². The molecule has 0 unspecified atom stereocenters. The van der Waals surface area contributed by atoms with Crippen LogP contribution in [0.3, 0.4) is 0 Å². The van der Waals surface area contributed by atoms with Gasteiger partial charge in [0.25, 0.3) is 0 Å². The Morgan fingerprint density at radius 2 is 2.11 bits per heavy atom. The zero-order valence-electron chi connectivity index (χ0n) is 11.0. The highest BCUT2D eigenvalue weighted by molar-refractivity contribution is 5.83. The van der Waals surface area contributed by atoms with E-state index in [1.54, 1.807) is 11.8 Å². The Bertz CT molecular complexity index is 402. The van der Waals surface area contributed by atoms with Crippen LogP contribution in [0, 0.1) is 5.92 Å². The number of rotatable bonds is 5. The highest BCUT2D eigenvalue weighted by atomic mass is 16.3. The summed E-state index contributed by atoms with van der Waals surface area (Å²) >= 11 is 0. The molecule has 0 radical (unpaired) electrons. The lowest BCUT2D eigenvalue weighted by molar-refractivity contribution is -0.133. The maximum absolute atomic E-state index is 12.3. The van der Waals surface area contributed by atoms with Crippen molar-refractivity contribution in [1.82, 2.24) is 4.90 Å². The summed E-state index contributed by atoms with van der Waals surface area (Å²) in [6, 6.07) is 10.2. The Kier molecular flexibility index (Phi) is 4.02. The smallest absolute Gasteiger partial charge is 0.226 e. The van der Waals surface area contributed by atoms with Crippen molar-refractivity contribution in [3.05, 3.63) is 35.9 Å². The number of nitrogens with zero attached hydrogens (tertiary/aromatic N) is 1. The van der Waals surface area contributed by atoms with E-state index in [0.717, 1.165) is 6.42 Å². The first-order valence-electron chi connectivity index (χ1n) is 6.65. The van der Waals surface area contributed by atoms with E-state index in [9.17, 15) is 9.90 Å². The van der Waals surface area contributed by atoms with E-state index in [1.165, 1.54) is 5.56 Å². The molecule has 0 aromatic heterocycles. The zero-order chi connectivity index (χ0) is 13.1. The summed E-state index contributed by atoms with van der Waals surface area (Å²) in [6.45, 7) is 4.78. The Morgan fingerprint density at radius 3 is 2.67 bits per heavy atom. The quantitative estimate of drug-likeness (QED) is 0.864. The maximum atomic E-state index is 12.3. The van der Waals surface area contributed by atoms with Crippen molar-refractivity contribution in [2.24, 2.45) is 5.92 Å². The van der Waals surface area contributed by atoms with Gasteiger partial charge >= 0.3 is 0 Å². The fourth-order valence-corrected chi connectivity index (χ4v) is 2.46. The summed E-state index contributed by atoms with van der Waals surface area (Å²) < 4.78 is 0. The number of carbonyl (C=O) groups excluding carboxylic acids is 1. The van der Waals surface area contributed by atoms with E-state index in [4.69, 9.17) is 0 Å². The normalized spacial score (nSPS) is 23.5. The molecule has 0 spiro atoms. The van der Waals surface area contributed by atoms with Gasteiger partial charge in [0.05, 0.1) is 6.10 Å². The van der Waals surface area contributed by atoms with Crippen LogP contribution in [-0.2, 0) is 4.79 Å². The second-order valence-corrected chi connectivity index (χ2v) is 5.09. The summed E-state index contributed by atoms with van der Waals surface area (Å²) in [7, 11) is 0. The van der Waals surface area contributed by atoms with Gasteiger partial charge in [0.1, 0.15) is 0 Å². The molecule has 1 aromatic rings. The number of hydrogen-bond acceptors (Lipinski definition) is 2. The average Bonchev–Trinajstić information content (AvgIpc) is 3.16. The summed E-state index contributed by atoms with van der Waals surface area (Å²) in [5, 5.41) is 9.39. The van der Waals surface area contributed by atoms with Gasteiger partial charge in [-0.3, -0.25) is 4.79 Å².